The molecule has 0 bridgehead atoms. The van der Waals surface area contributed by atoms with E-state index in [1.165, 1.54) is 40.0 Å². The molecule has 13 nitrogen and oxygen atoms in total. The Balaban J connectivity index is 1.24. The van der Waals surface area contributed by atoms with Crippen molar-refractivity contribution in [3.8, 4) is 27.8 Å². The number of nitrogens with zero attached hydrogens (tertiary/aromatic N) is 4. The molecule has 15 heteroatoms. The second kappa shape index (κ2) is 13.2. The summed E-state index contributed by atoms with van der Waals surface area (Å²) in [5, 5.41) is 26.4. The van der Waals surface area contributed by atoms with E-state index in [0.717, 1.165) is 26.1 Å². The van der Waals surface area contributed by atoms with Crippen LogP contribution in [0.15, 0.2) is 48.0 Å². The van der Waals surface area contributed by atoms with E-state index < -0.39 is 58.7 Å². The number of aliphatic carboxylic acids is 1. The van der Waals surface area contributed by atoms with Crippen molar-refractivity contribution < 1.29 is 43.7 Å². The molecule has 4 aromatic rings. The number of methoxy groups -OCH3 is 2. The molecule has 8 rings (SSSR count). The summed E-state index contributed by atoms with van der Waals surface area (Å²) < 4.78 is 13.6. The molecule has 0 spiro atoms. The minimum atomic E-state index is -1.37. The zero-order valence-electron chi connectivity index (χ0n) is 30.8. The molecular formula is C40H39ClN4O9S. The van der Waals surface area contributed by atoms with Crippen LogP contribution < -0.4 is 14.4 Å². The number of halogens is 1. The van der Waals surface area contributed by atoms with Gasteiger partial charge in [0.1, 0.15) is 11.5 Å². The topological polar surface area (TPSA) is 169 Å². The molecule has 6 unspecified atom stereocenters. The number of aromatic hydroxyl groups is 1. The van der Waals surface area contributed by atoms with Gasteiger partial charge in [-0.2, -0.15) is 5.10 Å². The van der Waals surface area contributed by atoms with E-state index in [9.17, 15) is 29.4 Å². The maximum Gasteiger partial charge on any atom is 0.303 e. The summed E-state index contributed by atoms with van der Waals surface area (Å²) in [7, 11) is 4.49. The van der Waals surface area contributed by atoms with Gasteiger partial charge in [0.2, 0.25) is 29.4 Å². The Labute approximate surface area is 325 Å². The number of hydrogen-bond acceptors (Lipinski definition) is 10. The van der Waals surface area contributed by atoms with Crippen molar-refractivity contribution in [1.29, 1.82) is 0 Å². The number of rotatable bonds is 9. The highest BCUT2D eigenvalue weighted by molar-refractivity contribution is 7.22. The number of ether oxygens (including phenoxy) is 2. The van der Waals surface area contributed by atoms with E-state index in [2.05, 4.69) is 0 Å². The molecule has 2 N–H and O–H groups in total. The first-order valence-electron chi connectivity index (χ1n) is 18.0. The third-order valence-corrected chi connectivity index (χ3v) is 13.7. The predicted molar refractivity (Wildman–Crippen MR) is 203 cm³/mol. The number of fused-ring (bicyclic) bond motifs is 5. The number of carboxylic acids is 1. The lowest BCUT2D eigenvalue weighted by Crippen LogP contribution is -2.49. The summed E-state index contributed by atoms with van der Waals surface area (Å²) in [5.74, 6) is -6.15. The van der Waals surface area contributed by atoms with Gasteiger partial charge in [0.15, 0.2) is 11.5 Å². The molecule has 4 aliphatic rings. The lowest BCUT2D eigenvalue weighted by Gasteiger charge is -2.49. The van der Waals surface area contributed by atoms with E-state index >= 15 is 4.79 Å². The van der Waals surface area contributed by atoms with Crippen molar-refractivity contribution in [2.75, 3.05) is 25.7 Å². The Morgan fingerprint density at radius 3 is 2.42 bits per heavy atom. The Kier molecular flexibility index (Phi) is 8.84. The predicted octanol–water partition coefficient (Wildman–Crippen LogP) is 6.08. The number of carboxylic acid groups (broad SMARTS) is 1. The van der Waals surface area contributed by atoms with Crippen LogP contribution in [-0.4, -0.2) is 75.3 Å². The Morgan fingerprint density at radius 1 is 1.04 bits per heavy atom. The van der Waals surface area contributed by atoms with Crippen molar-refractivity contribution in [3.63, 3.8) is 0 Å². The molecule has 2 saturated heterocycles. The van der Waals surface area contributed by atoms with Gasteiger partial charge in [-0.3, -0.25) is 33.6 Å². The number of imide groups is 2. The fraction of sp³-hybridized carbons (Fsp3) is 0.400. The maximum atomic E-state index is 15.2. The molecule has 6 atom stereocenters. The van der Waals surface area contributed by atoms with Crippen LogP contribution in [0.2, 0.25) is 5.02 Å². The summed E-state index contributed by atoms with van der Waals surface area (Å²) in [6, 6.07) is 10.7. The number of aromatic nitrogens is 2. The summed E-state index contributed by atoms with van der Waals surface area (Å²) in [6.07, 6.45) is 2.23. The number of amides is 4. The van der Waals surface area contributed by atoms with Crippen molar-refractivity contribution >= 4 is 68.4 Å². The van der Waals surface area contributed by atoms with E-state index in [-0.39, 0.29) is 55.4 Å². The molecule has 2 aliphatic heterocycles. The monoisotopic (exact) mass is 786 g/mol. The standard InChI is InChI=1S/C40H39ClN4O9S/c1-18-23-15-20(41)8-11-29(23)55-35(18)26-17-30(43(3)42-26)45-37(50)25-16-24-21(9-10-22-32(24)38(51)44(36(22)49)12-6-7-31(46)47)33(40(25,2)39(45)52)19-13-27(53-4)34(48)28(14-19)54-5/h8-9,11,13-15,17,22,24-25,32-33,48H,6-7,10,12,16H2,1-5H3,(H,46,47). The highest BCUT2D eigenvalue weighted by atomic mass is 35.5. The molecule has 286 valence electrons. The van der Waals surface area contributed by atoms with Crippen molar-refractivity contribution in [3.05, 3.63) is 64.2 Å². The Hall–Kier alpha value is -5.21. The molecule has 3 fully saturated rings. The van der Waals surface area contributed by atoms with Crippen molar-refractivity contribution in [1.82, 2.24) is 14.7 Å². The first-order valence-corrected chi connectivity index (χ1v) is 19.2. The molecule has 2 aromatic carbocycles. The number of thiophene rings is 1. The number of phenolic OH excluding ortho intramolecular Hbond substituents is 1. The minimum Gasteiger partial charge on any atom is -0.502 e. The van der Waals surface area contributed by atoms with Crippen molar-refractivity contribution in [2.45, 2.75) is 45.4 Å². The quantitative estimate of drug-likeness (QED) is 0.150. The van der Waals surface area contributed by atoms with Crippen molar-refractivity contribution in [2.24, 2.45) is 36.1 Å². The second-order valence-corrected chi connectivity index (χ2v) is 16.5. The first-order chi connectivity index (χ1) is 26.2. The summed E-state index contributed by atoms with van der Waals surface area (Å²) in [6.45, 7) is 3.74. The van der Waals surface area contributed by atoms with E-state index in [1.807, 2.05) is 31.2 Å². The lowest BCUT2D eigenvalue weighted by atomic mass is 9.51. The number of anilines is 1. The number of carbonyl (C=O) groups is 5. The largest absolute Gasteiger partial charge is 0.502 e. The fourth-order valence-corrected chi connectivity index (χ4v) is 10.9. The number of phenols is 1. The fourth-order valence-electron chi connectivity index (χ4n) is 9.58. The van der Waals surface area contributed by atoms with Gasteiger partial charge in [0.25, 0.3) is 0 Å². The number of allylic oxidation sites excluding steroid dienone is 2. The maximum absolute atomic E-state index is 15.2. The summed E-state index contributed by atoms with van der Waals surface area (Å²) >= 11 is 7.85. The molecule has 4 heterocycles. The van der Waals surface area contributed by atoms with Gasteiger partial charge in [0, 0.05) is 41.7 Å². The lowest BCUT2D eigenvalue weighted by molar-refractivity contribution is -0.142. The number of likely N-dealkylation sites (tertiary alicyclic amines) is 1. The third-order valence-electron chi connectivity index (χ3n) is 12.2. The van der Waals surface area contributed by atoms with Crippen LogP contribution in [0.25, 0.3) is 20.7 Å². The van der Waals surface area contributed by atoms with Crippen LogP contribution in [0.5, 0.6) is 17.2 Å². The smallest absolute Gasteiger partial charge is 0.303 e. The second-order valence-electron chi connectivity index (χ2n) is 15.0. The van der Waals surface area contributed by atoms with Crippen LogP contribution in [0, 0.1) is 36.0 Å². The third kappa shape index (κ3) is 5.39. The molecule has 1 saturated carbocycles. The minimum absolute atomic E-state index is 0.0176. The molecule has 55 heavy (non-hydrogen) atoms. The Bertz CT molecular complexity index is 2360. The zero-order chi connectivity index (χ0) is 39.2. The number of benzene rings is 2. The number of aryl methyl sites for hydroxylation is 2. The summed E-state index contributed by atoms with van der Waals surface area (Å²) in [4.78, 5) is 72.3. The van der Waals surface area contributed by atoms with Crippen LogP contribution in [0.1, 0.15) is 49.7 Å². The molecule has 0 radical (unpaired) electrons. The highest BCUT2D eigenvalue weighted by Crippen LogP contribution is 2.64. The molecule has 2 aromatic heterocycles. The summed E-state index contributed by atoms with van der Waals surface area (Å²) in [5.41, 5.74) is 1.48. The average molecular weight is 787 g/mol. The molecule has 2 aliphatic carbocycles. The average Bonchev–Trinajstić information content (AvgIpc) is 3.82. The molecule has 4 amide bonds. The van der Waals surface area contributed by atoms with E-state index in [0.29, 0.717) is 22.1 Å². The number of hydrogen-bond donors (Lipinski definition) is 2. The molecular weight excluding hydrogens is 748 g/mol. The van der Waals surface area contributed by atoms with Gasteiger partial charge >= 0.3 is 5.97 Å². The normalized spacial score (nSPS) is 26.0. The van der Waals surface area contributed by atoms with Gasteiger partial charge in [-0.1, -0.05) is 23.3 Å². The van der Waals surface area contributed by atoms with Gasteiger partial charge in [-0.05, 0) is 85.9 Å². The van der Waals surface area contributed by atoms with Crippen LogP contribution in [-0.2, 0) is 31.0 Å². The SMILES string of the molecule is COc1cc(C2C3=CCC4C(=O)N(CCCC(=O)O)C(=O)C4C3CC3C(=O)N(c4cc(-c5sc6ccc(Cl)cc6c5C)nn4C)C(=O)C32C)cc(OC)c1O. The van der Waals surface area contributed by atoms with E-state index in [4.69, 9.17) is 26.2 Å². The highest BCUT2D eigenvalue weighted by Gasteiger charge is 2.68. The number of carbonyl (C=O) groups excluding carboxylic acids is 4. The Morgan fingerprint density at radius 2 is 1.75 bits per heavy atom. The van der Waals surface area contributed by atoms with Gasteiger partial charge in [0.05, 0.1) is 42.3 Å². The van der Waals surface area contributed by atoms with Gasteiger partial charge < -0.3 is 19.7 Å². The van der Waals surface area contributed by atoms with Crippen LogP contribution in [0.4, 0.5) is 5.82 Å². The van der Waals surface area contributed by atoms with Gasteiger partial charge in [-0.25, -0.2) is 4.90 Å². The van der Waals surface area contributed by atoms with Gasteiger partial charge in [-0.15, -0.1) is 11.3 Å². The zero-order valence-corrected chi connectivity index (χ0v) is 32.4. The van der Waals surface area contributed by atoms with Crippen LogP contribution in [0.3, 0.4) is 0 Å². The van der Waals surface area contributed by atoms with E-state index in [1.54, 1.807) is 32.2 Å². The first kappa shape index (κ1) is 36.8. The van der Waals surface area contributed by atoms with Crippen LogP contribution >= 0.6 is 22.9 Å².